The average molecular weight is 266 g/mol. The summed E-state index contributed by atoms with van der Waals surface area (Å²) >= 11 is 0. The van der Waals surface area contributed by atoms with E-state index < -0.39 is 0 Å². The summed E-state index contributed by atoms with van der Waals surface area (Å²) in [5.74, 6) is 0.854. The van der Waals surface area contributed by atoms with Crippen LogP contribution in [-0.4, -0.2) is 37.1 Å². The molecule has 2 rings (SSSR count). The zero-order valence-corrected chi connectivity index (χ0v) is 11.6. The molecular formula is C14H22N2O3. The van der Waals surface area contributed by atoms with Crippen molar-refractivity contribution >= 4 is 5.97 Å². The Labute approximate surface area is 113 Å². The molecule has 0 spiro atoms. The first kappa shape index (κ1) is 14.1. The molecule has 2 unspecified atom stereocenters. The second-order valence-electron chi connectivity index (χ2n) is 5.25. The van der Waals surface area contributed by atoms with Crippen molar-refractivity contribution in [3.8, 4) is 0 Å². The van der Waals surface area contributed by atoms with Crippen molar-refractivity contribution in [3.63, 3.8) is 0 Å². The number of carbonyl (C=O) groups excluding carboxylic acids is 1. The molecule has 1 aliphatic rings. The van der Waals surface area contributed by atoms with Gasteiger partial charge in [0, 0.05) is 12.6 Å². The molecule has 0 amide bonds. The number of likely N-dealkylation sites (tertiary alicyclic amines) is 1. The first-order chi connectivity index (χ1) is 9.11. The van der Waals surface area contributed by atoms with Gasteiger partial charge in [-0.2, -0.15) is 0 Å². The van der Waals surface area contributed by atoms with E-state index in [4.69, 9.17) is 14.9 Å². The fourth-order valence-corrected chi connectivity index (χ4v) is 2.62. The van der Waals surface area contributed by atoms with Gasteiger partial charge in [-0.25, -0.2) is 4.79 Å². The number of esters is 1. The number of nitrogens with two attached hydrogens (primary N) is 1. The van der Waals surface area contributed by atoms with Crippen LogP contribution in [0.2, 0.25) is 0 Å². The zero-order valence-electron chi connectivity index (χ0n) is 11.6. The lowest BCUT2D eigenvalue weighted by atomic mass is 9.92. The molecular weight excluding hydrogens is 244 g/mol. The number of hydrogen-bond acceptors (Lipinski definition) is 5. The molecule has 0 radical (unpaired) electrons. The van der Waals surface area contributed by atoms with Gasteiger partial charge in [0.25, 0.3) is 0 Å². The SMILES string of the molecule is COC(=O)c1ccoc1CN1CCCC(C(C)N)C1. The van der Waals surface area contributed by atoms with Crippen molar-refractivity contribution in [3.05, 3.63) is 23.7 Å². The van der Waals surface area contributed by atoms with Gasteiger partial charge in [-0.3, -0.25) is 4.90 Å². The number of furan rings is 1. The molecule has 2 heterocycles. The van der Waals surface area contributed by atoms with E-state index in [1.165, 1.54) is 19.8 Å². The van der Waals surface area contributed by atoms with Gasteiger partial charge in [-0.1, -0.05) is 0 Å². The van der Waals surface area contributed by atoms with Crippen LogP contribution >= 0.6 is 0 Å². The Morgan fingerprint density at radius 1 is 1.68 bits per heavy atom. The Kier molecular flexibility index (Phi) is 4.61. The third-order valence-electron chi connectivity index (χ3n) is 3.80. The fourth-order valence-electron chi connectivity index (χ4n) is 2.62. The Hall–Kier alpha value is -1.33. The number of ether oxygens (including phenoxy) is 1. The molecule has 1 aromatic rings. The first-order valence-corrected chi connectivity index (χ1v) is 6.74. The van der Waals surface area contributed by atoms with Gasteiger partial charge >= 0.3 is 5.97 Å². The summed E-state index contributed by atoms with van der Waals surface area (Å²) in [6.45, 7) is 4.67. The summed E-state index contributed by atoms with van der Waals surface area (Å²) in [6.07, 6.45) is 3.85. The normalized spacial score (nSPS) is 22.2. The minimum atomic E-state index is -0.343. The highest BCUT2D eigenvalue weighted by molar-refractivity contribution is 5.90. The molecule has 19 heavy (non-hydrogen) atoms. The standard InChI is InChI=1S/C14H22N2O3/c1-10(15)11-4-3-6-16(8-11)9-13-12(5-7-19-13)14(17)18-2/h5,7,10-11H,3-4,6,8-9,15H2,1-2H3. The van der Waals surface area contributed by atoms with E-state index >= 15 is 0 Å². The molecule has 5 nitrogen and oxygen atoms in total. The van der Waals surface area contributed by atoms with Crippen LogP contribution in [0.25, 0.3) is 0 Å². The molecule has 106 valence electrons. The van der Waals surface area contributed by atoms with Gasteiger partial charge in [0.1, 0.15) is 11.3 Å². The molecule has 1 aromatic heterocycles. The van der Waals surface area contributed by atoms with Crippen LogP contribution in [0.1, 0.15) is 35.9 Å². The van der Waals surface area contributed by atoms with E-state index in [0.717, 1.165) is 19.5 Å². The second-order valence-corrected chi connectivity index (χ2v) is 5.25. The highest BCUT2D eigenvalue weighted by Gasteiger charge is 2.25. The van der Waals surface area contributed by atoms with Gasteiger partial charge < -0.3 is 14.9 Å². The van der Waals surface area contributed by atoms with E-state index in [2.05, 4.69) is 11.8 Å². The molecule has 1 aliphatic heterocycles. The molecule has 0 saturated carbocycles. The minimum Gasteiger partial charge on any atom is -0.467 e. The van der Waals surface area contributed by atoms with E-state index in [9.17, 15) is 4.79 Å². The lowest BCUT2D eigenvalue weighted by Gasteiger charge is -2.34. The van der Waals surface area contributed by atoms with Gasteiger partial charge in [0.15, 0.2) is 0 Å². The number of nitrogens with zero attached hydrogens (tertiary/aromatic N) is 1. The van der Waals surface area contributed by atoms with Crippen molar-refractivity contribution in [2.24, 2.45) is 11.7 Å². The summed E-state index contributed by atoms with van der Waals surface area (Å²) < 4.78 is 10.2. The number of hydrogen-bond donors (Lipinski definition) is 1. The largest absolute Gasteiger partial charge is 0.467 e. The predicted octanol–water partition coefficient (Wildman–Crippen LogP) is 1.63. The van der Waals surface area contributed by atoms with Crippen LogP contribution in [0.15, 0.2) is 16.7 Å². The zero-order chi connectivity index (χ0) is 13.8. The van der Waals surface area contributed by atoms with Crippen molar-refractivity contribution in [2.45, 2.75) is 32.4 Å². The third kappa shape index (κ3) is 3.36. The number of carbonyl (C=O) groups is 1. The maximum atomic E-state index is 11.6. The van der Waals surface area contributed by atoms with Gasteiger partial charge in [-0.15, -0.1) is 0 Å². The third-order valence-corrected chi connectivity index (χ3v) is 3.80. The Morgan fingerprint density at radius 3 is 3.16 bits per heavy atom. The number of methoxy groups -OCH3 is 1. The van der Waals surface area contributed by atoms with E-state index in [1.807, 2.05) is 0 Å². The summed E-state index contributed by atoms with van der Waals surface area (Å²) in [7, 11) is 1.38. The van der Waals surface area contributed by atoms with Gasteiger partial charge in [0.05, 0.1) is 19.9 Å². The lowest BCUT2D eigenvalue weighted by molar-refractivity contribution is 0.0594. The molecule has 0 aliphatic carbocycles. The van der Waals surface area contributed by atoms with Crippen molar-refractivity contribution in [1.82, 2.24) is 4.90 Å². The van der Waals surface area contributed by atoms with E-state index in [-0.39, 0.29) is 12.0 Å². The van der Waals surface area contributed by atoms with Crippen LogP contribution in [0, 0.1) is 5.92 Å². The van der Waals surface area contributed by atoms with Crippen LogP contribution in [0.3, 0.4) is 0 Å². The summed E-state index contributed by atoms with van der Waals surface area (Å²) in [5.41, 5.74) is 6.50. The Morgan fingerprint density at radius 2 is 2.47 bits per heavy atom. The van der Waals surface area contributed by atoms with Gasteiger partial charge in [-0.05, 0) is 38.3 Å². The Bertz CT molecular complexity index is 428. The molecule has 1 saturated heterocycles. The van der Waals surface area contributed by atoms with E-state index in [1.54, 1.807) is 6.07 Å². The predicted molar refractivity (Wildman–Crippen MR) is 71.7 cm³/mol. The van der Waals surface area contributed by atoms with Crippen molar-refractivity contribution in [1.29, 1.82) is 0 Å². The second kappa shape index (κ2) is 6.21. The summed E-state index contributed by atoms with van der Waals surface area (Å²) in [5, 5.41) is 0. The summed E-state index contributed by atoms with van der Waals surface area (Å²) in [4.78, 5) is 13.9. The monoisotopic (exact) mass is 266 g/mol. The Balaban J connectivity index is 2.01. The molecule has 5 heteroatoms. The average Bonchev–Trinajstić information content (AvgIpc) is 2.86. The van der Waals surface area contributed by atoms with Crippen LogP contribution in [-0.2, 0) is 11.3 Å². The van der Waals surface area contributed by atoms with Crippen LogP contribution < -0.4 is 5.73 Å². The molecule has 0 bridgehead atoms. The molecule has 0 aromatic carbocycles. The maximum absolute atomic E-state index is 11.6. The van der Waals surface area contributed by atoms with Crippen LogP contribution in [0.5, 0.6) is 0 Å². The fraction of sp³-hybridized carbons (Fsp3) is 0.643. The van der Waals surface area contributed by atoms with E-state index in [0.29, 0.717) is 23.8 Å². The number of piperidine rings is 1. The van der Waals surface area contributed by atoms with Crippen molar-refractivity contribution < 1.29 is 13.9 Å². The lowest BCUT2D eigenvalue weighted by Crippen LogP contribution is -2.42. The minimum absolute atomic E-state index is 0.208. The van der Waals surface area contributed by atoms with Crippen LogP contribution in [0.4, 0.5) is 0 Å². The van der Waals surface area contributed by atoms with Gasteiger partial charge in [0.2, 0.25) is 0 Å². The smallest absolute Gasteiger partial charge is 0.341 e. The number of rotatable bonds is 4. The highest BCUT2D eigenvalue weighted by Crippen LogP contribution is 2.22. The quantitative estimate of drug-likeness (QED) is 0.839. The highest BCUT2D eigenvalue weighted by atomic mass is 16.5. The molecule has 2 N–H and O–H groups in total. The molecule has 2 atom stereocenters. The topological polar surface area (TPSA) is 68.7 Å². The van der Waals surface area contributed by atoms with Crippen molar-refractivity contribution in [2.75, 3.05) is 20.2 Å². The maximum Gasteiger partial charge on any atom is 0.341 e. The molecule has 1 fully saturated rings. The first-order valence-electron chi connectivity index (χ1n) is 6.74. The summed E-state index contributed by atoms with van der Waals surface area (Å²) in [6, 6.07) is 1.87.